The zero-order valence-electron chi connectivity index (χ0n) is 14.3. The van der Waals surface area contributed by atoms with Crippen molar-refractivity contribution in [3.8, 4) is 0 Å². The zero-order chi connectivity index (χ0) is 17.3. The van der Waals surface area contributed by atoms with E-state index in [2.05, 4.69) is 10.6 Å². The summed E-state index contributed by atoms with van der Waals surface area (Å²) in [7, 11) is 0. The maximum Gasteiger partial charge on any atom is 0.407 e. The summed E-state index contributed by atoms with van der Waals surface area (Å²) in [4.78, 5) is 23.1. The van der Waals surface area contributed by atoms with Crippen LogP contribution < -0.4 is 10.6 Å². The fourth-order valence-electron chi connectivity index (χ4n) is 1.80. The van der Waals surface area contributed by atoms with Gasteiger partial charge in [-0.1, -0.05) is 6.07 Å². The molecular weight excluding hydrogens is 296 g/mol. The molecule has 0 saturated heterocycles. The van der Waals surface area contributed by atoms with Crippen molar-refractivity contribution >= 4 is 17.7 Å². The van der Waals surface area contributed by atoms with E-state index in [4.69, 9.17) is 9.47 Å². The number of hydrogen-bond donors (Lipinski definition) is 2. The number of carbonyl (C=O) groups is 2. The lowest BCUT2D eigenvalue weighted by Crippen LogP contribution is -2.33. The van der Waals surface area contributed by atoms with Gasteiger partial charge in [0.05, 0.1) is 12.2 Å². The number of anilines is 1. The second-order valence-corrected chi connectivity index (χ2v) is 6.01. The molecule has 23 heavy (non-hydrogen) atoms. The molecule has 2 N–H and O–H groups in total. The Balaban J connectivity index is 2.30. The summed E-state index contributed by atoms with van der Waals surface area (Å²) < 4.78 is 10.1. The molecular formula is C17H26N2O4. The predicted octanol–water partition coefficient (Wildman–Crippen LogP) is 3.19. The van der Waals surface area contributed by atoms with Crippen LogP contribution in [0.15, 0.2) is 24.3 Å². The van der Waals surface area contributed by atoms with Gasteiger partial charge < -0.3 is 20.1 Å². The average Bonchev–Trinajstić information content (AvgIpc) is 2.45. The summed E-state index contributed by atoms with van der Waals surface area (Å²) in [6.07, 6.45) is 0.324. The van der Waals surface area contributed by atoms with Crippen LogP contribution in [0.4, 0.5) is 10.5 Å². The minimum absolute atomic E-state index is 0.331. The fraction of sp³-hybridized carbons (Fsp3) is 0.529. The Morgan fingerprint density at radius 1 is 1.17 bits per heavy atom. The smallest absolute Gasteiger partial charge is 0.407 e. The van der Waals surface area contributed by atoms with Gasteiger partial charge in [-0.25, -0.2) is 9.59 Å². The summed E-state index contributed by atoms with van der Waals surface area (Å²) in [5.41, 5.74) is 0.868. The van der Waals surface area contributed by atoms with Crippen LogP contribution in [0.3, 0.4) is 0 Å². The predicted molar refractivity (Wildman–Crippen MR) is 89.7 cm³/mol. The molecule has 0 aliphatic carbocycles. The summed E-state index contributed by atoms with van der Waals surface area (Å²) in [6, 6.07) is 7.14. The third-order valence-electron chi connectivity index (χ3n) is 2.72. The van der Waals surface area contributed by atoms with Crippen molar-refractivity contribution in [1.82, 2.24) is 5.32 Å². The molecule has 0 spiro atoms. The first-order chi connectivity index (χ1) is 10.8. The molecule has 0 saturated carbocycles. The molecule has 0 aliphatic rings. The number of carbonyl (C=O) groups excluding carboxylic acids is 2. The van der Waals surface area contributed by atoms with Crippen molar-refractivity contribution in [3.05, 3.63) is 29.8 Å². The maximum atomic E-state index is 11.7. The van der Waals surface area contributed by atoms with E-state index in [1.807, 2.05) is 26.8 Å². The van der Waals surface area contributed by atoms with Crippen LogP contribution in [0, 0.1) is 0 Å². The largest absolute Gasteiger partial charge is 0.462 e. The fourth-order valence-corrected chi connectivity index (χ4v) is 1.80. The molecule has 0 unspecified atom stereocenters. The molecule has 0 fully saturated rings. The lowest BCUT2D eigenvalue weighted by atomic mass is 10.2. The maximum absolute atomic E-state index is 11.7. The lowest BCUT2D eigenvalue weighted by molar-refractivity contribution is 0.0516. The van der Waals surface area contributed by atoms with Crippen molar-refractivity contribution in [2.75, 3.05) is 25.0 Å². The van der Waals surface area contributed by atoms with Crippen LogP contribution in [0.1, 0.15) is 44.5 Å². The van der Waals surface area contributed by atoms with Crippen molar-refractivity contribution in [2.24, 2.45) is 0 Å². The number of esters is 1. The Labute approximate surface area is 137 Å². The van der Waals surface area contributed by atoms with Crippen molar-refractivity contribution in [3.63, 3.8) is 0 Å². The number of ether oxygens (including phenoxy) is 2. The van der Waals surface area contributed by atoms with E-state index in [9.17, 15) is 9.59 Å². The molecule has 1 aromatic carbocycles. The van der Waals surface area contributed by atoms with Crippen molar-refractivity contribution in [1.29, 1.82) is 0 Å². The molecule has 1 amide bonds. The standard InChI is InChI=1S/C17H26N2O4/c1-5-22-15(20)13-8-6-9-14(12-13)18-10-7-11-19-16(21)23-17(2,3)4/h6,8-9,12,18H,5,7,10-11H2,1-4H3,(H,19,21). The zero-order valence-corrected chi connectivity index (χ0v) is 14.3. The second kappa shape index (κ2) is 9.02. The molecule has 6 heteroatoms. The van der Waals surface area contributed by atoms with Crippen molar-refractivity contribution < 1.29 is 19.1 Å². The average molecular weight is 322 g/mol. The highest BCUT2D eigenvalue weighted by Gasteiger charge is 2.15. The third kappa shape index (κ3) is 8.09. The van der Waals surface area contributed by atoms with E-state index >= 15 is 0 Å². The normalized spacial score (nSPS) is 10.8. The second-order valence-electron chi connectivity index (χ2n) is 6.01. The Morgan fingerprint density at radius 2 is 1.91 bits per heavy atom. The monoisotopic (exact) mass is 322 g/mol. The van der Waals surface area contributed by atoms with E-state index in [1.54, 1.807) is 25.1 Å². The van der Waals surface area contributed by atoms with Gasteiger partial charge in [-0.3, -0.25) is 0 Å². The minimum Gasteiger partial charge on any atom is -0.462 e. The SMILES string of the molecule is CCOC(=O)c1cccc(NCCCNC(=O)OC(C)(C)C)c1. The first kappa shape index (κ1) is 18.8. The van der Waals surface area contributed by atoms with Gasteiger partial charge in [0.25, 0.3) is 0 Å². The molecule has 0 aromatic heterocycles. The van der Waals surface area contributed by atoms with Gasteiger partial charge in [0.2, 0.25) is 0 Å². The van der Waals surface area contributed by atoms with Gasteiger partial charge in [-0.2, -0.15) is 0 Å². The molecule has 6 nitrogen and oxygen atoms in total. The van der Waals surface area contributed by atoms with Gasteiger partial charge >= 0.3 is 12.1 Å². The number of hydrogen-bond acceptors (Lipinski definition) is 5. The van der Waals surface area contributed by atoms with Crippen LogP contribution in [0.5, 0.6) is 0 Å². The van der Waals surface area contributed by atoms with Gasteiger partial charge in [-0.05, 0) is 52.3 Å². The molecule has 1 aromatic rings. The molecule has 0 aliphatic heterocycles. The molecule has 0 atom stereocenters. The molecule has 0 bridgehead atoms. The summed E-state index contributed by atoms with van der Waals surface area (Å²) in [5, 5.41) is 5.90. The van der Waals surface area contributed by atoms with Gasteiger partial charge in [0, 0.05) is 18.8 Å². The van der Waals surface area contributed by atoms with E-state index < -0.39 is 11.7 Å². The Kier molecular flexibility index (Phi) is 7.38. The quantitative estimate of drug-likeness (QED) is 0.595. The van der Waals surface area contributed by atoms with Crippen molar-refractivity contribution in [2.45, 2.75) is 39.7 Å². The summed E-state index contributed by atoms with van der Waals surface area (Å²) in [5.74, 6) is -0.331. The minimum atomic E-state index is -0.490. The highest BCUT2D eigenvalue weighted by atomic mass is 16.6. The number of amides is 1. The van der Waals surface area contributed by atoms with E-state index in [0.29, 0.717) is 25.3 Å². The van der Waals surface area contributed by atoms with E-state index in [-0.39, 0.29) is 5.97 Å². The lowest BCUT2D eigenvalue weighted by Gasteiger charge is -2.19. The number of benzene rings is 1. The van der Waals surface area contributed by atoms with Crippen LogP contribution in [0.25, 0.3) is 0 Å². The molecule has 0 radical (unpaired) electrons. The summed E-state index contributed by atoms with van der Waals surface area (Å²) >= 11 is 0. The third-order valence-corrected chi connectivity index (χ3v) is 2.72. The first-order valence-corrected chi connectivity index (χ1v) is 7.79. The van der Waals surface area contributed by atoms with Crippen LogP contribution >= 0.6 is 0 Å². The Bertz CT molecular complexity index is 524. The van der Waals surface area contributed by atoms with E-state index in [1.165, 1.54) is 0 Å². The highest BCUT2D eigenvalue weighted by Crippen LogP contribution is 2.11. The van der Waals surface area contributed by atoms with Crippen LogP contribution in [-0.4, -0.2) is 37.4 Å². The van der Waals surface area contributed by atoms with E-state index in [0.717, 1.165) is 12.1 Å². The molecule has 0 heterocycles. The highest BCUT2D eigenvalue weighted by molar-refractivity contribution is 5.90. The Morgan fingerprint density at radius 3 is 2.57 bits per heavy atom. The van der Waals surface area contributed by atoms with Gasteiger partial charge in [0.1, 0.15) is 5.60 Å². The van der Waals surface area contributed by atoms with Gasteiger partial charge in [-0.15, -0.1) is 0 Å². The summed E-state index contributed by atoms with van der Waals surface area (Å²) in [6.45, 7) is 8.78. The number of nitrogens with one attached hydrogen (secondary N) is 2. The Hall–Kier alpha value is -2.24. The topological polar surface area (TPSA) is 76.7 Å². The number of alkyl carbamates (subject to hydrolysis) is 1. The molecule has 128 valence electrons. The number of rotatable bonds is 7. The van der Waals surface area contributed by atoms with Crippen LogP contribution in [0.2, 0.25) is 0 Å². The first-order valence-electron chi connectivity index (χ1n) is 7.79. The van der Waals surface area contributed by atoms with Crippen LogP contribution in [-0.2, 0) is 9.47 Å². The molecule has 1 rings (SSSR count). The van der Waals surface area contributed by atoms with Gasteiger partial charge in [0.15, 0.2) is 0 Å².